The molecule has 0 fully saturated rings. The minimum Gasteiger partial charge on any atom is -0.508 e. The number of allylic oxidation sites excluding steroid dienone is 1. The first-order valence-corrected chi connectivity index (χ1v) is 10.7. The van der Waals surface area contributed by atoms with Gasteiger partial charge in [0.15, 0.2) is 4.80 Å². The standard InChI is InChI=1S/C21H18N2O4S2/c1-3-27-20(26)17-12(2)22-21-23(18(17)15-5-4-10-28-15)19(25)16(29-21)11-13-6-8-14(24)9-7-13/h4-11,18,24H,3H2,1-2H3/b16-11-/t18-/m0/s1. The normalized spacial score (nSPS) is 16.5. The van der Waals surface area contributed by atoms with E-state index in [0.717, 1.165) is 10.4 Å². The molecule has 1 aliphatic heterocycles. The van der Waals surface area contributed by atoms with E-state index in [-0.39, 0.29) is 17.9 Å². The summed E-state index contributed by atoms with van der Waals surface area (Å²) >= 11 is 2.76. The van der Waals surface area contributed by atoms with Crippen LogP contribution in [0.2, 0.25) is 0 Å². The van der Waals surface area contributed by atoms with Gasteiger partial charge in [-0.3, -0.25) is 9.36 Å². The van der Waals surface area contributed by atoms with Gasteiger partial charge >= 0.3 is 5.97 Å². The van der Waals surface area contributed by atoms with E-state index in [1.165, 1.54) is 22.7 Å². The number of rotatable bonds is 4. The predicted molar refractivity (Wildman–Crippen MR) is 113 cm³/mol. The van der Waals surface area contributed by atoms with E-state index in [9.17, 15) is 14.7 Å². The summed E-state index contributed by atoms with van der Waals surface area (Å²) in [4.78, 5) is 31.9. The Kier molecular flexibility index (Phi) is 5.21. The molecule has 0 spiro atoms. The SMILES string of the molecule is CCOC(=O)C1=C(C)N=c2s/c(=C\c3ccc(O)cc3)c(=O)n2[C@H]1c1cccs1. The van der Waals surface area contributed by atoms with Crippen molar-refractivity contribution >= 4 is 34.7 Å². The van der Waals surface area contributed by atoms with Crippen molar-refractivity contribution in [3.63, 3.8) is 0 Å². The molecule has 0 unspecified atom stereocenters. The average molecular weight is 427 g/mol. The molecule has 2 aromatic heterocycles. The van der Waals surface area contributed by atoms with Gasteiger partial charge < -0.3 is 9.84 Å². The third-order valence-electron chi connectivity index (χ3n) is 4.52. The Morgan fingerprint density at radius 3 is 2.72 bits per heavy atom. The number of carbonyl (C=O) groups excluding carboxylic acids is 1. The fourth-order valence-corrected chi connectivity index (χ4v) is 5.10. The Balaban J connectivity index is 1.93. The van der Waals surface area contributed by atoms with E-state index in [0.29, 0.717) is 20.6 Å². The molecule has 0 saturated heterocycles. The zero-order valence-corrected chi connectivity index (χ0v) is 17.4. The van der Waals surface area contributed by atoms with Gasteiger partial charge in [0.2, 0.25) is 0 Å². The highest BCUT2D eigenvalue weighted by molar-refractivity contribution is 7.10. The number of carbonyl (C=O) groups is 1. The van der Waals surface area contributed by atoms with Crippen molar-refractivity contribution < 1.29 is 14.6 Å². The molecule has 148 valence electrons. The third-order valence-corrected chi connectivity index (χ3v) is 6.43. The molecule has 8 heteroatoms. The molecule has 0 saturated carbocycles. The molecule has 3 aromatic rings. The van der Waals surface area contributed by atoms with Crippen molar-refractivity contribution in [2.24, 2.45) is 4.99 Å². The molecule has 1 aromatic carbocycles. The first kappa shape index (κ1) is 19.4. The van der Waals surface area contributed by atoms with Crippen LogP contribution >= 0.6 is 22.7 Å². The maximum atomic E-state index is 13.3. The van der Waals surface area contributed by atoms with Crippen molar-refractivity contribution in [1.82, 2.24) is 4.57 Å². The number of esters is 1. The van der Waals surface area contributed by atoms with Crippen molar-refractivity contribution in [3.05, 3.63) is 83.2 Å². The molecule has 0 bridgehead atoms. The number of hydrogen-bond donors (Lipinski definition) is 1. The Labute approximate surface area is 174 Å². The summed E-state index contributed by atoms with van der Waals surface area (Å²) in [6.45, 7) is 3.77. The number of phenolic OH excluding ortho intramolecular Hbond substituents is 1. The van der Waals surface area contributed by atoms with Gasteiger partial charge in [-0.05, 0) is 49.1 Å². The van der Waals surface area contributed by atoms with Gasteiger partial charge in [0.05, 0.1) is 22.4 Å². The monoisotopic (exact) mass is 426 g/mol. The Bertz CT molecular complexity index is 1270. The molecular weight excluding hydrogens is 408 g/mol. The highest BCUT2D eigenvalue weighted by Gasteiger charge is 2.33. The van der Waals surface area contributed by atoms with Crippen LogP contribution in [-0.2, 0) is 9.53 Å². The summed E-state index contributed by atoms with van der Waals surface area (Å²) < 4.78 is 7.33. The molecule has 0 amide bonds. The Morgan fingerprint density at radius 2 is 2.07 bits per heavy atom. The first-order chi connectivity index (χ1) is 14.0. The van der Waals surface area contributed by atoms with Crippen molar-refractivity contribution in [1.29, 1.82) is 0 Å². The number of aromatic nitrogens is 1. The molecular formula is C21H18N2O4S2. The second-order valence-corrected chi connectivity index (χ2v) is 8.40. The molecule has 0 aliphatic carbocycles. The molecule has 6 nitrogen and oxygen atoms in total. The number of thiophene rings is 1. The van der Waals surface area contributed by atoms with Crippen LogP contribution in [-0.4, -0.2) is 22.2 Å². The second-order valence-electron chi connectivity index (χ2n) is 6.41. The van der Waals surface area contributed by atoms with E-state index in [1.807, 2.05) is 17.5 Å². The molecule has 4 rings (SSSR count). The van der Waals surface area contributed by atoms with Crippen LogP contribution in [0.1, 0.15) is 30.3 Å². The number of hydrogen-bond acceptors (Lipinski definition) is 7. The summed E-state index contributed by atoms with van der Waals surface area (Å²) in [5.41, 5.74) is 1.52. The van der Waals surface area contributed by atoms with Gasteiger partial charge in [0.25, 0.3) is 5.56 Å². The minimum atomic E-state index is -0.563. The number of ether oxygens (including phenoxy) is 1. The van der Waals surface area contributed by atoms with E-state index in [1.54, 1.807) is 48.8 Å². The number of nitrogens with zero attached hydrogens (tertiary/aromatic N) is 2. The zero-order chi connectivity index (χ0) is 20.5. The lowest BCUT2D eigenvalue weighted by Gasteiger charge is -2.23. The number of fused-ring (bicyclic) bond motifs is 1. The summed E-state index contributed by atoms with van der Waals surface area (Å²) in [6.07, 6.45) is 1.76. The van der Waals surface area contributed by atoms with Gasteiger partial charge in [-0.2, -0.15) is 0 Å². The predicted octanol–water partition coefficient (Wildman–Crippen LogP) is 2.57. The number of benzene rings is 1. The Hall–Kier alpha value is -2.97. The van der Waals surface area contributed by atoms with Crippen LogP contribution < -0.4 is 14.9 Å². The van der Waals surface area contributed by atoms with Crippen LogP contribution in [0.5, 0.6) is 5.75 Å². The zero-order valence-electron chi connectivity index (χ0n) is 15.8. The second kappa shape index (κ2) is 7.81. The van der Waals surface area contributed by atoms with Gasteiger partial charge in [-0.25, -0.2) is 9.79 Å². The number of aromatic hydroxyl groups is 1. The van der Waals surface area contributed by atoms with Crippen molar-refractivity contribution in [3.8, 4) is 5.75 Å². The largest absolute Gasteiger partial charge is 0.508 e. The summed E-state index contributed by atoms with van der Waals surface area (Å²) in [5.74, 6) is -0.295. The van der Waals surface area contributed by atoms with Crippen LogP contribution in [0.15, 0.2) is 62.8 Å². The van der Waals surface area contributed by atoms with Gasteiger partial charge in [-0.15, -0.1) is 11.3 Å². The molecule has 1 atom stereocenters. The number of thiazole rings is 1. The highest BCUT2D eigenvalue weighted by atomic mass is 32.1. The lowest BCUT2D eigenvalue weighted by molar-refractivity contribution is -0.139. The van der Waals surface area contributed by atoms with E-state index in [2.05, 4.69) is 4.99 Å². The van der Waals surface area contributed by atoms with Gasteiger partial charge in [0.1, 0.15) is 11.8 Å². The average Bonchev–Trinajstić information content (AvgIpc) is 3.32. The van der Waals surface area contributed by atoms with Gasteiger partial charge in [-0.1, -0.05) is 29.5 Å². The molecule has 1 N–H and O–H groups in total. The first-order valence-electron chi connectivity index (χ1n) is 9.01. The lowest BCUT2D eigenvalue weighted by atomic mass is 10.0. The highest BCUT2D eigenvalue weighted by Crippen LogP contribution is 2.33. The van der Waals surface area contributed by atoms with Crippen molar-refractivity contribution in [2.45, 2.75) is 19.9 Å². The van der Waals surface area contributed by atoms with E-state index in [4.69, 9.17) is 4.74 Å². The maximum absolute atomic E-state index is 13.3. The fraction of sp³-hybridized carbons (Fsp3) is 0.190. The summed E-state index contributed by atoms with van der Waals surface area (Å²) in [6, 6.07) is 9.85. The van der Waals surface area contributed by atoms with E-state index < -0.39 is 12.0 Å². The number of phenols is 1. The summed E-state index contributed by atoms with van der Waals surface area (Å²) in [7, 11) is 0. The molecule has 29 heavy (non-hydrogen) atoms. The van der Waals surface area contributed by atoms with Gasteiger partial charge in [0, 0.05) is 4.88 Å². The molecule has 0 radical (unpaired) electrons. The maximum Gasteiger partial charge on any atom is 0.338 e. The molecule has 3 heterocycles. The lowest BCUT2D eigenvalue weighted by Crippen LogP contribution is -2.39. The Morgan fingerprint density at radius 1 is 1.31 bits per heavy atom. The van der Waals surface area contributed by atoms with Crippen LogP contribution in [0.3, 0.4) is 0 Å². The van der Waals surface area contributed by atoms with Crippen molar-refractivity contribution in [2.75, 3.05) is 6.61 Å². The molecule has 1 aliphatic rings. The quantitative estimate of drug-likeness (QED) is 0.650. The smallest absolute Gasteiger partial charge is 0.338 e. The topological polar surface area (TPSA) is 80.9 Å². The third kappa shape index (κ3) is 3.56. The van der Waals surface area contributed by atoms with E-state index >= 15 is 0 Å². The fourth-order valence-electron chi connectivity index (χ4n) is 3.23. The van der Waals surface area contributed by atoms with Crippen LogP contribution in [0.4, 0.5) is 0 Å². The summed E-state index contributed by atoms with van der Waals surface area (Å²) in [5, 5.41) is 11.4. The minimum absolute atomic E-state index is 0.163. The van der Waals surface area contributed by atoms with Crippen LogP contribution in [0, 0.1) is 0 Å². The van der Waals surface area contributed by atoms with Crippen LogP contribution in [0.25, 0.3) is 6.08 Å².